The van der Waals surface area contributed by atoms with Crippen LogP contribution >= 0.6 is 0 Å². The highest BCUT2D eigenvalue weighted by molar-refractivity contribution is 5.89. The number of hydrogen-bond acceptors (Lipinski definition) is 3. The van der Waals surface area contributed by atoms with Crippen LogP contribution < -0.4 is 5.32 Å². The van der Waals surface area contributed by atoms with Gasteiger partial charge in [-0.05, 0) is 25.6 Å². The Bertz CT molecular complexity index is 386. The molecule has 0 atom stereocenters. The largest absolute Gasteiger partial charge is 0.476 e. The molecule has 1 heterocycles. The minimum atomic E-state index is -1.00. The van der Waals surface area contributed by atoms with E-state index in [1.54, 1.807) is 12.3 Å². The topological polar surface area (TPSA) is 62.2 Å². The third-order valence-electron chi connectivity index (χ3n) is 1.88. The van der Waals surface area contributed by atoms with Gasteiger partial charge in [-0.1, -0.05) is 12.2 Å². The first-order valence-corrected chi connectivity index (χ1v) is 4.66. The smallest absolute Gasteiger partial charge is 0.355 e. The van der Waals surface area contributed by atoms with Gasteiger partial charge in [0.05, 0.1) is 0 Å². The quantitative estimate of drug-likeness (QED) is 0.780. The Hall–Kier alpha value is -1.68. The highest BCUT2D eigenvalue weighted by Crippen LogP contribution is 2.10. The number of pyridine rings is 1. The normalized spacial score (nSPS) is 10.8. The summed E-state index contributed by atoms with van der Waals surface area (Å²) in [6.07, 6.45) is 5.18. The van der Waals surface area contributed by atoms with E-state index >= 15 is 0 Å². The summed E-state index contributed by atoms with van der Waals surface area (Å²) >= 11 is 0. The summed E-state index contributed by atoms with van der Waals surface area (Å²) in [6, 6.07) is 1.81. The standard InChI is InChI=1S/C11H14N2O2/c1-8-6-9(4-3-5-12-2)10(11(14)15)13-7-8/h3-4,6-7,12H,5H2,1-2H3,(H,14,15). The van der Waals surface area contributed by atoms with Crippen LogP contribution in [0.1, 0.15) is 21.6 Å². The molecule has 4 heteroatoms. The van der Waals surface area contributed by atoms with Crippen LogP contribution in [0, 0.1) is 6.92 Å². The molecule has 0 aromatic carbocycles. The zero-order valence-electron chi connectivity index (χ0n) is 8.82. The molecule has 0 saturated carbocycles. The van der Waals surface area contributed by atoms with Gasteiger partial charge in [-0.3, -0.25) is 0 Å². The Balaban J connectivity index is 3.02. The van der Waals surface area contributed by atoms with E-state index in [-0.39, 0.29) is 5.69 Å². The molecule has 0 aliphatic rings. The van der Waals surface area contributed by atoms with Gasteiger partial charge in [0.2, 0.25) is 0 Å². The molecule has 1 rings (SSSR count). The van der Waals surface area contributed by atoms with Crippen molar-refractivity contribution in [1.82, 2.24) is 10.3 Å². The molecule has 1 aromatic rings. The van der Waals surface area contributed by atoms with Gasteiger partial charge in [-0.25, -0.2) is 9.78 Å². The number of nitrogens with zero attached hydrogens (tertiary/aromatic N) is 1. The van der Waals surface area contributed by atoms with E-state index in [2.05, 4.69) is 10.3 Å². The van der Waals surface area contributed by atoms with Crippen LogP contribution in [0.3, 0.4) is 0 Å². The molecular formula is C11H14N2O2. The molecule has 0 unspecified atom stereocenters. The Morgan fingerprint density at radius 2 is 2.40 bits per heavy atom. The maximum absolute atomic E-state index is 10.9. The van der Waals surface area contributed by atoms with Crippen molar-refractivity contribution in [3.63, 3.8) is 0 Å². The monoisotopic (exact) mass is 206 g/mol. The predicted octanol–water partition coefficient (Wildman–Crippen LogP) is 1.32. The molecule has 1 aromatic heterocycles. The molecule has 2 N–H and O–H groups in total. The molecule has 0 spiro atoms. The lowest BCUT2D eigenvalue weighted by molar-refractivity contribution is 0.0690. The van der Waals surface area contributed by atoms with Gasteiger partial charge in [0.15, 0.2) is 5.69 Å². The zero-order valence-corrected chi connectivity index (χ0v) is 8.82. The Morgan fingerprint density at radius 1 is 1.67 bits per heavy atom. The molecule has 4 nitrogen and oxygen atoms in total. The van der Waals surface area contributed by atoms with Crippen molar-refractivity contribution >= 4 is 12.0 Å². The van der Waals surface area contributed by atoms with Gasteiger partial charge in [-0.2, -0.15) is 0 Å². The van der Waals surface area contributed by atoms with Crippen LogP contribution in [0.15, 0.2) is 18.3 Å². The summed E-state index contributed by atoms with van der Waals surface area (Å²) in [5.74, 6) is -1.00. The average molecular weight is 206 g/mol. The van der Waals surface area contributed by atoms with E-state index in [9.17, 15) is 4.79 Å². The predicted molar refractivity (Wildman–Crippen MR) is 58.9 cm³/mol. The third kappa shape index (κ3) is 3.18. The molecule has 0 amide bonds. The first-order valence-electron chi connectivity index (χ1n) is 4.66. The van der Waals surface area contributed by atoms with Crippen LogP contribution in [0.25, 0.3) is 6.08 Å². The second-order valence-corrected chi connectivity index (χ2v) is 3.22. The number of aromatic nitrogens is 1. The summed E-state index contributed by atoms with van der Waals surface area (Å²) in [7, 11) is 1.83. The van der Waals surface area contributed by atoms with Crippen molar-refractivity contribution in [2.75, 3.05) is 13.6 Å². The van der Waals surface area contributed by atoms with E-state index in [1.165, 1.54) is 0 Å². The Kier molecular flexibility index (Phi) is 4.00. The average Bonchev–Trinajstić information content (AvgIpc) is 2.18. The molecule has 0 fully saturated rings. The second kappa shape index (κ2) is 5.26. The number of carbonyl (C=O) groups is 1. The summed E-state index contributed by atoms with van der Waals surface area (Å²) in [5.41, 5.74) is 1.68. The van der Waals surface area contributed by atoms with Gasteiger partial charge in [0, 0.05) is 18.3 Å². The van der Waals surface area contributed by atoms with Gasteiger partial charge in [0.25, 0.3) is 0 Å². The van der Waals surface area contributed by atoms with E-state index in [4.69, 9.17) is 5.11 Å². The summed E-state index contributed by atoms with van der Waals surface area (Å²) in [6.45, 7) is 2.58. The fourth-order valence-electron chi connectivity index (χ4n) is 1.20. The number of aryl methyl sites for hydroxylation is 1. The molecule has 0 aliphatic carbocycles. The molecule has 0 saturated heterocycles. The van der Waals surface area contributed by atoms with Crippen molar-refractivity contribution in [3.05, 3.63) is 35.2 Å². The van der Waals surface area contributed by atoms with Crippen molar-refractivity contribution < 1.29 is 9.90 Å². The fraction of sp³-hybridized carbons (Fsp3) is 0.273. The number of carboxylic acids is 1. The highest BCUT2D eigenvalue weighted by Gasteiger charge is 2.08. The SMILES string of the molecule is CNCC=Cc1cc(C)cnc1C(=O)O. The summed E-state index contributed by atoms with van der Waals surface area (Å²) in [4.78, 5) is 14.7. The molecule has 0 radical (unpaired) electrons. The maximum Gasteiger partial charge on any atom is 0.355 e. The van der Waals surface area contributed by atoms with Crippen LogP contribution in [0.5, 0.6) is 0 Å². The van der Waals surface area contributed by atoms with Crippen molar-refractivity contribution in [2.24, 2.45) is 0 Å². The molecule has 0 aliphatic heterocycles. The number of nitrogens with one attached hydrogen (secondary N) is 1. The number of aromatic carboxylic acids is 1. The lowest BCUT2D eigenvalue weighted by atomic mass is 10.1. The fourth-order valence-corrected chi connectivity index (χ4v) is 1.20. The van der Waals surface area contributed by atoms with Gasteiger partial charge in [-0.15, -0.1) is 0 Å². The van der Waals surface area contributed by atoms with Gasteiger partial charge in [0.1, 0.15) is 0 Å². The minimum absolute atomic E-state index is 0.0907. The van der Waals surface area contributed by atoms with E-state index < -0.39 is 5.97 Å². The van der Waals surface area contributed by atoms with Gasteiger partial charge < -0.3 is 10.4 Å². The molecule has 80 valence electrons. The van der Waals surface area contributed by atoms with Crippen LogP contribution in [-0.4, -0.2) is 29.7 Å². The van der Waals surface area contributed by atoms with Crippen LogP contribution in [0.4, 0.5) is 0 Å². The number of likely N-dealkylation sites (N-methyl/N-ethyl adjacent to an activating group) is 1. The Labute approximate surface area is 88.7 Å². The summed E-state index contributed by atoms with van der Waals surface area (Å²) in [5, 5.41) is 11.8. The van der Waals surface area contributed by atoms with E-state index in [0.29, 0.717) is 12.1 Å². The number of carboxylic acid groups (broad SMARTS) is 1. The van der Waals surface area contributed by atoms with Crippen LogP contribution in [0.2, 0.25) is 0 Å². The molecular weight excluding hydrogens is 192 g/mol. The van der Waals surface area contributed by atoms with E-state index in [0.717, 1.165) is 5.56 Å². The van der Waals surface area contributed by atoms with Crippen LogP contribution in [-0.2, 0) is 0 Å². The molecule has 15 heavy (non-hydrogen) atoms. The summed E-state index contributed by atoms with van der Waals surface area (Å²) < 4.78 is 0. The van der Waals surface area contributed by atoms with Crippen molar-refractivity contribution in [1.29, 1.82) is 0 Å². The lowest BCUT2D eigenvalue weighted by Gasteiger charge is -2.01. The first-order chi connectivity index (χ1) is 7.15. The maximum atomic E-state index is 10.9. The van der Waals surface area contributed by atoms with Crippen molar-refractivity contribution in [3.8, 4) is 0 Å². The number of rotatable bonds is 4. The highest BCUT2D eigenvalue weighted by atomic mass is 16.4. The first kappa shape index (κ1) is 11.4. The van der Waals surface area contributed by atoms with Gasteiger partial charge >= 0.3 is 5.97 Å². The minimum Gasteiger partial charge on any atom is -0.476 e. The van der Waals surface area contributed by atoms with Crippen molar-refractivity contribution in [2.45, 2.75) is 6.92 Å². The zero-order chi connectivity index (χ0) is 11.3. The lowest BCUT2D eigenvalue weighted by Crippen LogP contribution is -2.05. The molecule has 0 bridgehead atoms. The number of hydrogen-bond donors (Lipinski definition) is 2. The third-order valence-corrected chi connectivity index (χ3v) is 1.88. The Morgan fingerprint density at radius 3 is 3.00 bits per heavy atom. The second-order valence-electron chi connectivity index (χ2n) is 3.22. The van der Waals surface area contributed by atoms with E-state index in [1.807, 2.05) is 26.1 Å².